The number of rotatable bonds is 5. The normalized spacial score (nSPS) is 21.2. The molecule has 1 aromatic carbocycles. The first kappa shape index (κ1) is 22.0. The van der Waals surface area contributed by atoms with Gasteiger partial charge in [-0.3, -0.25) is 4.79 Å². The number of nitrogens with one attached hydrogen (secondary N) is 2. The Morgan fingerprint density at radius 3 is 2.34 bits per heavy atom. The molecule has 1 heterocycles. The Balaban J connectivity index is 1.65. The molecule has 1 saturated carbocycles. The van der Waals surface area contributed by atoms with Gasteiger partial charge in [0.25, 0.3) is 5.91 Å². The predicted molar refractivity (Wildman–Crippen MR) is 101 cm³/mol. The molecule has 0 spiro atoms. The van der Waals surface area contributed by atoms with Crippen LogP contribution in [-0.2, 0) is 21.0 Å². The molecular weight excluding hydrogens is 407 g/mol. The number of carbonyl (C=O) groups is 1. The third-order valence-corrected chi connectivity index (χ3v) is 7.84. The summed E-state index contributed by atoms with van der Waals surface area (Å²) in [6.07, 6.45) is -0.551. The van der Waals surface area contributed by atoms with Crippen LogP contribution in [0.4, 0.5) is 13.2 Å². The number of nitrogens with zero attached hydrogens (tertiary/aromatic N) is 1. The smallest absolute Gasteiger partial charge is 0.348 e. The molecular formula is C19H27F3N3O3S+. The minimum Gasteiger partial charge on any atom is -0.348 e. The van der Waals surface area contributed by atoms with E-state index < -0.39 is 26.7 Å². The summed E-state index contributed by atoms with van der Waals surface area (Å²) < 4.78 is 66.5. The molecule has 0 unspecified atom stereocenters. The summed E-state index contributed by atoms with van der Waals surface area (Å²) in [4.78, 5) is 12.7. The van der Waals surface area contributed by atoms with Gasteiger partial charge in [-0.15, -0.1) is 0 Å². The number of carbonyl (C=O) groups excluding carboxylic acids is 1. The number of benzene rings is 1. The zero-order valence-electron chi connectivity index (χ0n) is 16.3. The molecule has 6 nitrogen and oxygen atoms in total. The first-order chi connectivity index (χ1) is 13.6. The number of alkyl halides is 3. The number of hydrogen-bond donors (Lipinski definition) is 2. The van der Waals surface area contributed by atoms with Crippen molar-refractivity contribution in [3.63, 3.8) is 0 Å². The topological polar surface area (TPSA) is 70.9 Å². The van der Waals surface area contributed by atoms with Gasteiger partial charge < -0.3 is 10.2 Å². The van der Waals surface area contributed by atoms with Crippen molar-refractivity contribution in [2.45, 2.75) is 55.8 Å². The van der Waals surface area contributed by atoms with E-state index in [0.29, 0.717) is 13.1 Å². The SMILES string of the molecule is C[C@@H](C(=O)NC1CCCC1)[NH+]1CCN(S(=O)(=O)c2ccccc2C(F)(F)F)CC1. The Hall–Kier alpha value is -1.65. The van der Waals surface area contributed by atoms with E-state index in [1.54, 1.807) is 0 Å². The minimum absolute atomic E-state index is 0.0503. The first-order valence-corrected chi connectivity index (χ1v) is 11.4. The van der Waals surface area contributed by atoms with E-state index in [1.165, 1.54) is 12.1 Å². The number of piperazine rings is 1. The number of sulfonamides is 1. The highest BCUT2D eigenvalue weighted by atomic mass is 32.2. The summed E-state index contributed by atoms with van der Waals surface area (Å²) in [6.45, 7) is 2.69. The van der Waals surface area contributed by atoms with Crippen LogP contribution in [0, 0.1) is 0 Å². The highest BCUT2D eigenvalue weighted by molar-refractivity contribution is 7.89. The molecule has 29 heavy (non-hydrogen) atoms. The Morgan fingerprint density at radius 2 is 1.76 bits per heavy atom. The van der Waals surface area contributed by atoms with Crippen LogP contribution >= 0.6 is 0 Å². The molecule has 3 rings (SSSR count). The van der Waals surface area contributed by atoms with Crippen molar-refractivity contribution in [3.8, 4) is 0 Å². The first-order valence-electron chi connectivity index (χ1n) is 9.92. The van der Waals surface area contributed by atoms with Gasteiger partial charge >= 0.3 is 6.18 Å². The summed E-state index contributed by atoms with van der Waals surface area (Å²) in [5, 5.41) is 3.05. The zero-order chi connectivity index (χ0) is 21.2. The fraction of sp³-hybridized carbons (Fsp3) is 0.632. The van der Waals surface area contributed by atoms with Crippen molar-refractivity contribution in [1.82, 2.24) is 9.62 Å². The lowest BCUT2D eigenvalue weighted by Gasteiger charge is -2.34. The molecule has 162 valence electrons. The van der Waals surface area contributed by atoms with Crippen LogP contribution in [0.15, 0.2) is 29.2 Å². The van der Waals surface area contributed by atoms with E-state index >= 15 is 0 Å². The lowest BCUT2D eigenvalue weighted by atomic mass is 10.2. The van der Waals surface area contributed by atoms with Crippen LogP contribution < -0.4 is 10.2 Å². The van der Waals surface area contributed by atoms with Crippen molar-refractivity contribution in [1.29, 1.82) is 0 Å². The third-order valence-electron chi connectivity index (χ3n) is 5.88. The van der Waals surface area contributed by atoms with E-state index in [0.717, 1.165) is 47.0 Å². The minimum atomic E-state index is -4.75. The second-order valence-corrected chi connectivity index (χ2v) is 9.67. The number of halogens is 3. The highest BCUT2D eigenvalue weighted by Crippen LogP contribution is 2.35. The molecule has 0 radical (unpaired) electrons. The number of quaternary nitrogens is 1. The molecule has 1 aliphatic carbocycles. The molecule has 0 aromatic heterocycles. The molecule has 1 aliphatic heterocycles. The number of hydrogen-bond acceptors (Lipinski definition) is 3. The molecule has 1 aromatic rings. The molecule has 1 amide bonds. The largest absolute Gasteiger partial charge is 0.417 e. The molecule has 1 atom stereocenters. The van der Waals surface area contributed by atoms with Crippen LogP contribution in [0.3, 0.4) is 0 Å². The van der Waals surface area contributed by atoms with Gasteiger partial charge in [-0.1, -0.05) is 25.0 Å². The monoisotopic (exact) mass is 434 g/mol. The molecule has 1 saturated heterocycles. The summed E-state index contributed by atoms with van der Waals surface area (Å²) >= 11 is 0. The molecule has 10 heteroatoms. The summed E-state index contributed by atoms with van der Waals surface area (Å²) in [5.74, 6) is -0.0503. The quantitative estimate of drug-likeness (QED) is 0.728. The fourth-order valence-electron chi connectivity index (χ4n) is 4.09. The van der Waals surface area contributed by atoms with Crippen molar-refractivity contribution in [2.75, 3.05) is 26.2 Å². The molecule has 2 aliphatic rings. The number of amides is 1. The fourth-order valence-corrected chi connectivity index (χ4v) is 5.75. The highest BCUT2D eigenvalue weighted by Gasteiger charge is 2.41. The van der Waals surface area contributed by atoms with Crippen molar-refractivity contribution >= 4 is 15.9 Å². The second-order valence-electron chi connectivity index (χ2n) is 7.77. The van der Waals surface area contributed by atoms with Crippen LogP contribution in [0.2, 0.25) is 0 Å². The van der Waals surface area contributed by atoms with Gasteiger partial charge in [0.15, 0.2) is 6.04 Å². The summed E-state index contributed by atoms with van der Waals surface area (Å²) in [6, 6.07) is 4.12. The summed E-state index contributed by atoms with van der Waals surface area (Å²) in [5.41, 5.74) is -1.15. The van der Waals surface area contributed by atoms with E-state index in [2.05, 4.69) is 5.32 Å². The van der Waals surface area contributed by atoms with E-state index in [9.17, 15) is 26.4 Å². The molecule has 2 fully saturated rings. The lowest BCUT2D eigenvalue weighted by Crippen LogP contribution is -3.19. The standard InChI is InChI=1S/C19H26F3N3O3S/c1-14(18(26)23-15-6-2-3-7-15)24-10-12-25(13-11-24)29(27,28)17-9-5-4-8-16(17)19(20,21)22/h4-5,8-9,14-15H,2-3,6-7,10-13H2,1H3,(H,23,26)/p+1/t14-/m0/s1. The lowest BCUT2D eigenvalue weighted by molar-refractivity contribution is -0.917. The van der Waals surface area contributed by atoms with E-state index in [4.69, 9.17) is 0 Å². The average molecular weight is 435 g/mol. The average Bonchev–Trinajstić information content (AvgIpc) is 3.20. The van der Waals surface area contributed by atoms with Crippen molar-refractivity contribution < 1.29 is 31.3 Å². The maximum atomic E-state index is 13.2. The molecule has 0 bridgehead atoms. The van der Waals surface area contributed by atoms with E-state index in [-0.39, 0.29) is 31.1 Å². The van der Waals surface area contributed by atoms with Crippen molar-refractivity contribution in [3.05, 3.63) is 29.8 Å². The van der Waals surface area contributed by atoms with Crippen LogP contribution in [0.1, 0.15) is 38.2 Å². The maximum absolute atomic E-state index is 13.2. The Kier molecular flexibility index (Phi) is 6.54. The Labute approximate surface area is 169 Å². The van der Waals surface area contributed by atoms with Gasteiger partial charge in [-0.2, -0.15) is 17.5 Å². The van der Waals surface area contributed by atoms with Gasteiger partial charge in [0.2, 0.25) is 10.0 Å². The van der Waals surface area contributed by atoms with Crippen LogP contribution in [0.25, 0.3) is 0 Å². The van der Waals surface area contributed by atoms with Gasteiger partial charge in [-0.05, 0) is 31.9 Å². The predicted octanol–water partition coefficient (Wildman–Crippen LogP) is 1.04. The maximum Gasteiger partial charge on any atom is 0.417 e. The van der Waals surface area contributed by atoms with Gasteiger partial charge in [0.1, 0.15) is 0 Å². The van der Waals surface area contributed by atoms with Gasteiger partial charge in [-0.25, -0.2) is 8.42 Å². The third kappa shape index (κ3) is 4.92. The second kappa shape index (κ2) is 8.61. The van der Waals surface area contributed by atoms with Crippen LogP contribution in [0.5, 0.6) is 0 Å². The molecule has 2 N–H and O–H groups in total. The van der Waals surface area contributed by atoms with Gasteiger partial charge in [0, 0.05) is 6.04 Å². The van der Waals surface area contributed by atoms with Crippen LogP contribution in [-0.4, -0.2) is 56.9 Å². The summed E-state index contributed by atoms with van der Waals surface area (Å²) in [7, 11) is -4.26. The Bertz CT molecular complexity index is 831. The zero-order valence-corrected chi connectivity index (χ0v) is 17.2. The van der Waals surface area contributed by atoms with Gasteiger partial charge in [0.05, 0.1) is 36.6 Å². The Morgan fingerprint density at radius 1 is 1.17 bits per heavy atom. The van der Waals surface area contributed by atoms with Crippen molar-refractivity contribution in [2.24, 2.45) is 0 Å². The van der Waals surface area contributed by atoms with E-state index in [1.807, 2.05) is 6.92 Å².